The van der Waals surface area contributed by atoms with E-state index in [-0.39, 0.29) is 43.3 Å². The molecule has 0 saturated heterocycles. The van der Waals surface area contributed by atoms with Crippen molar-refractivity contribution in [1.29, 1.82) is 0 Å². The lowest BCUT2D eigenvalue weighted by atomic mass is 9.86. The van der Waals surface area contributed by atoms with Crippen molar-refractivity contribution in [3.8, 4) is 0 Å². The van der Waals surface area contributed by atoms with E-state index >= 15 is 0 Å². The fourth-order valence-electron chi connectivity index (χ4n) is 1.85. The first-order valence-electron chi connectivity index (χ1n) is 5.86. The van der Waals surface area contributed by atoms with Crippen LogP contribution in [0.1, 0.15) is 25.7 Å². The number of rotatable bonds is 6. The average molecular weight is 281 g/mol. The third kappa shape index (κ3) is 5.66. The van der Waals surface area contributed by atoms with Gasteiger partial charge in [0.25, 0.3) is 0 Å². The van der Waals surface area contributed by atoms with Gasteiger partial charge in [0.2, 0.25) is 11.8 Å². The van der Waals surface area contributed by atoms with Gasteiger partial charge in [0.15, 0.2) is 0 Å². The third-order valence-corrected chi connectivity index (χ3v) is 3.80. The summed E-state index contributed by atoms with van der Waals surface area (Å²) in [7, 11) is 0. The van der Waals surface area contributed by atoms with Gasteiger partial charge in [-0.05, 0) is 12.8 Å². The van der Waals surface area contributed by atoms with Crippen LogP contribution < -0.4 is 5.32 Å². The molecular weight excluding hydrogens is 264 g/mol. The van der Waals surface area contributed by atoms with E-state index in [1.165, 1.54) is 11.8 Å². The lowest BCUT2D eigenvalue weighted by Crippen LogP contribution is -2.36. The Morgan fingerprint density at radius 1 is 1.33 bits per heavy atom. The maximum absolute atomic E-state index is 12.9. The van der Waals surface area contributed by atoms with Crippen molar-refractivity contribution in [3.05, 3.63) is 0 Å². The lowest BCUT2D eigenvalue weighted by Gasteiger charge is -2.27. The number of aliphatic carboxylic acids is 1. The summed E-state index contributed by atoms with van der Waals surface area (Å²) in [5.74, 6) is -3.50. The van der Waals surface area contributed by atoms with Crippen molar-refractivity contribution >= 4 is 23.6 Å². The smallest absolute Gasteiger partial charge is 0.313 e. The second-order valence-corrected chi connectivity index (χ2v) is 5.47. The predicted octanol–water partition coefficient (Wildman–Crippen LogP) is 1.75. The van der Waals surface area contributed by atoms with Crippen LogP contribution in [0.2, 0.25) is 0 Å². The topological polar surface area (TPSA) is 66.4 Å². The third-order valence-electron chi connectivity index (χ3n) is 2.86. The quantitative estimate of drug-likeness (QED) is 0.728. The van der Waals surface area contributed by atoms with Gasteiger partial charge in [-0.25, -0.2) is 8.78 Å². The second kappa shape index (κ2) is 6.92. The van der Waals surface area contributed by atoms with Crippen molar-refractivity contribution in [2.75, 3.05) is 18.1 Å². The van der Waals surface area contributed by atoms with Gasteiger partial charge in [-0.15, -0.1) is 11.8 Å². The van der Waals surface area contributed by atoms with Gasteiger partial charge in [0.1, 0.15) is 0 Å². The number of carbonyl (C=O) groups is 2. The molecule has 0 aromatic carbocycles. The minimum atomic E-state index is -2.62. The first kappa shape index (κ1) is 15.2. The van der Waals surface area contributed by atoms with Crippen LogP contribution in [0.3, 0.4) is 0 Å². The highest BCUT2D eigenvalue weighted by Gasteiger charge is 2.37. The Hall–Kier alpha value is -0.850. The van der Waals surface area contributed by atoms with Gasteiger partial charge in [-0.1, -0.05) is 0 Å². The molecule has 0 spiro atoms. The van der Waals surface area contributed by atoms with Crippen LogP contribution in [0.4, 0.5) is 8.78 Å². The molecule has 0 unspecified atom stereocenters. The summed E-state index contributed by atoms with van der Waals surface area (Å²) in [4.78, 5) is 21.8. The number of hydrogen-bond acceptors (Lipinski definition) is 3. The van der Waals surface area contributed by atoms with Crippen LogP contribution in [0.25, 0.3) is 0 Å². The summed E-state index contributed by atoms with van der Waals surface area (Å²) in [5.41, 5.74) is 0. The van der Waals surface area contributed by atoms with Crippen molar-refractivity contribution < 1.29 is 23.5 Å². The number of halogens is 2. The van der Waals surface area contributed by atoms with E-state index in [0.29, 0.717) is 12.3 Å². The van der Waals surface area contributed by atoms with Crippen molar-refractivity contribution in [2.24, 2.45) is 5.92 Å². The van der Waals surface area contributed by atoms with E-state index in [9.17, 15) is 18.4 Å². The summed E-state index contributed by atoms with van der Waals surface area (Å²) in [6, 6.07) is 0. The van der Waals surface area contributed by atoms with E-state index in [1.807, 2.05) is 0 Å². The minimum absolute atomic E-state index is 0.00548. The Morgan fingerprint density at radius 3 is 2.50 bits per heavy atom. The fraction of sp³-hybridized carbons (Fsp3) is 0.818. The zero-order chi connectivity index (χ0) is 13.6. The molecule has 0 atom stereocenters. The summed E-state index contributed by atoms with van der Waals surface area (Å²) in [6.45, 7) is 0.379. The molecule has 1 fully saturated rings. The maximum atomic E-state index is 12.9. The van der Waals surface area contributed by atoms with Crippen LogP contribution in [0, 0.1) is 5.92 Å². The number of carbonyl (C=O) groups excluding carboxylic acids is 1. The molecule has 0 aliphatic heterocycles. The molecule has 4 nitrogen and oxygen atoms in total. The first-order valence-corrected chi connectivity index (χ1v) is 7.01. The van der Waals surface area contributed by atoms with Crippen LogP contribution in [-0.2, 0) is 9.59 Å². The molecule has 1 aliphatic carbocycles. The normalized spacial score (nSPS) is 19.4. The Balaban J connectivity index is 2.12. The van der Waals surface area contributed by atoms with Crippen LogP contribution >= 0.6 is 11.8 Å². The summed E-state index contributed by atoms with van der Waals surface area (Å²) in [5, 5.41) is 11.1. The van der Waals surface area contributed by atoms with Crippen LogP contribution in [-0.4, -0.2) is 41.0 Å². The van der Waals surface area contributed by atoms with E-state index in [2.05, 4.69) is 5.32 Å². The summed E-state index contributed by atoms with van der Waals surface area (Å²) in [6.07, 6.45) is -0.0000933. The van der Waals surface area contributed by atoms with E-state index in [1.54, 1.807) is 0 Å². The number of nitrogens with one attached hydrogen (secondary N) is 1. The number of amides is 1. The van der Waals surface area contributed by atoms with Crippen LogP contribution in [0.15, 0.2) is 0 Å². The maximum Gasteiger partial charge on any atom is 0.313 e. The summed E-state index contributed by atoms with van der Waals surface area (Å²) >= 11 is 1.22. The highest BCUT2D eigenvalue weighted by molar-refractivity contribution is 7.99. The van der Waals surface area contributed by atoms with E-state index in [4.69, 9.17) is 5.11 Å². The SMILES string of the molecule is O=C(O)CSCCNC(=O)C1CCC(F)(F)CC1. The monoisotopic (exact) mass is 281 g/mol. The second-order valence-electron chi connectivity index (χ2n) is 4.37. The number of carboxylic acids is 1. The highest BCUT2D eigenvalue weighted by atomic mass is 32.2. The predicted molar refractivity (Wildman–Crippen MR) is 64.9 cm³/mol. The highest BCUT2D eigenvalue weighted by Crippen LogP contribution is 2.36. The molecule has 1 saturated carbocycles. The van der Waals surface area contributed by atoms with E-state index in [0.717, 1.165) is 0 Å². The molecule has 0 aromatic heterocycles. The van der Waals surface area contributed by atoms with Gasteiger partial charge in [-0.3, -0.25) is 9.59 Å². The molecule has 0 aromatic rings. The van der Waals surface area contributed by atoms with Gasteiger partial charge < -0.3 is 10.4 Å². The molecular formula is C11H17F2NO3S. The number of alkyl halides is 2. The molecule has 0 bridgehead atoms. The minimum Gasteiger partial charge on any atom is -0.481 e. The molecule has 0 radical (unpaired) electrons. The average Bonchev–Trinajstić information content (AvgIpc) is 2.27. The van der Waals surface area contributed by atoms with Gasteiger partial charge in [-0.2, -0.15) is 0 Å². The Kier molecular flexibility index (Phi) is 5.84. The molecule has 104 valence electrons. The number of carboxylic acid groups (broad SMARTS) is 1. The van der Waals surface area contributed by atoms with Gasteiger partial charge in [0.05, 0.1) is 5.75 Å². The zero-order valence-electron chi connectivity index (χ0n) is 9.95. The van der Waals surface area contributed by atoms with Crippen molar-refractivity contribution in [2.45, 2.75) is 31.6 Å². The molecule has 2 N–H and O–H groups in total. The summed E-state index contributed by atoms with van der Waals surface area (Å²) < 4.78 is 25.8. The molecule has 18 heavy (non-hydrogen) atoms. The lowest BCUT2D eigenvalue weighted by molar-refractivity contribution is -0.134. The number of thioether (sulfide) groups is 1. The standard InChI is InChI=1S/C11H17F2NO3S/c12-11(13)3-1-8(2-4-11)10(17)14-5-6-18-7-9(15)16/h8H,1-7H2,(H,14,17)(H,15,16). The largest absolute Gasteiger partial charge is 0.481 e. The molecule has 1 amide bonds. The van der Waals surface area contributed by atoms with E-state index < -0.39 is 11.9 Å². The van der Waals surface area contributed by atoms with Gasteiger partial charge in [0, 0.05) is 31.1 Å². The molecule has 1 aliphatic rings. The fourth-order valence-corrected chi connectivity index (χ4v) is 2.42. The zero-order valence-corrected chi connectivity index (χ0v) is 10.8. The Bertz CT molecular complexity index is 303. The molecule has 7 heteroatoms. The van der Waals surface area contributed by atoms with Crippen molar-refractivity contribution in [1.82, 2.24) is 5.32 Å². The van der Waals surface area contributed by atoms with Gasteiger partial charge >= 0.3 is 5.97 Å². The molecule has 1 rings (SSSR count). The number of hydrogen-bond donors (Lipinski definition) is 2. The Morgan fingerprint density at radius 2 is 1.94 bits per heavy atom. The van der Waals surface area contributed by atoms with Crippen LogP contribution in [0.5, 0.6) is 0 Å². The first-order chi connectivity index (χ1) is 8.41. The van der Waals surface area contributed by atoms with Crippen molar-refractivity contribution in [3.63, 3.8) is 0 Å². The Labute approximate surface area is 109 Å². The molecule has 0 heterocycles.